The highest BCUT2D eigenvalue weighted by atomic mass is 16.5. The van der Waals surface area contributed by atoms with E-state index in [9.17, 15) is 4.79 Å². The number of rotatable bonds is 3. The zero-order valence-electron chi connectivity index (χ0n) is 9.01. The number of carbonyl (C=O) groups is 1. The van der Waals surface area contributed by atoms with Crippen molar-refractivity contribution in [1.29, 1.82) is 0 Å². The summed E-state index contributed by atoms with van der Waals surface area (Å²) in [6.07, 6.45) is 1.65. The summed E-state index contributed by atoms with van der Waals surface area (Å²) in [5, 5.41) is 2.96. The van der Waals surface area contributed by atoms with Gasteiger partial charge in [-0.1, -0.05) is 0 Å². The molecule has 0 radical (unpaired) electrons. The molecule has 0 aromatic heterocycles. The summed E-state index contributed by atoms with van der Waals surface area (Å²) >= 11 is 0. The van der Waals surface area contributed by atoms with Gasteiger partial charge in [0, 0.05) is 31.2 Å². The van der Waals surface area contributed by atoms with Crippen LogP contribution in [0.1, 0.15) is 26.7 Å². The first kappa shape index (κ1) is 11.5. The molecule has 3 N–H and O–H groups in total. The normalized spacial score (nSPS) is 19.4. The van der Waals surface area contributed by atoms with Crippen LogP contribution in [0.4, 0.5) is 0 Å². The van der Waals surface area contributed by atoms with Gasteiger partial charge in [-0.15, -0.1) is 0 Å². The Bertz CT molecular complexity index is 198. The summed E-state index contributed by atoms with van der Waals surface area (Å²) in [6, 6.07) is 0. The van der Waals surface area contributed by atoms with Gasteiger partial charge in [-0.2, -0.15) is 0 Å². The number of nitrogens with one attached hydrogen (secondary N) is 1. The van der Waals surface area contributed by atoms with Crippen LogP contribution in [-0.2, 0) is 9.53 Å². The summed E-state index contributed by atoms with van der Waals surface area (Å²) in [6.45, 7) is 5.72. The second-order valence-electron chi connectivity index (χ2n) is 4.46. The van der Waals surface area contributed by atoms with Gasteiger partial charge in [0.05, 0.1) is 0 Å². The molecule has 4 nitrogen and oxygen atoms in total. The number of nitrogens with two attached hydrogens (primary N) is 1. The van der Waals surface area contributed by atoms with E-state index in [0.717, 1.165) is 12.8 Å². The first-order chi connectivity index (χ1) is 6.55. The first-order valence-corrected chi connectivity index (χ1v) is 5.15. The van der Waals surface area contributed by atoms with E-state index in [2.05, 4.69) is 5.32 Å². The van der Waals surface area contributed by atoms with Crippen LogP contribution >= 0.6 is 0 Å². The third-order valence-electron chi connectivity index (χ3n) is 2.56. The molecule has 1 fully saturated rings. The van der Waals surface area contributed by atoms with Crippen molar-refractivity contribution in [2.75, 3.05) is 19.8 Å². The van der Waals surface area contributed by atoms with Crippen molar-refractivity contribution in [3.8, 4) is 0 Å². The molecule has 82 valence electrons. The molecule has 0 atom stereocenters. The van der Waals surface area contributed by atoms with Gasteiger partial charge in [0.15, 0.2) is 0 Å². The summed E-state index contributed by atoms with van der Waals surface area (Å²) in [7, 11) is 0. The molecular formula is C10H20N2O2. The zero-order chi connectivity index (χ0) is 10.6. The molecule has 1 heterocycles. The third-order valence-corrected chi connectivity index (χ3v) is 2.56. The molecule has 0 bridgehead atoms. The summed E-state index contributed by atoms with van der Waals surface area (Å²) in [4.78, 5) is 11.8. The molecule has 1 saturated heterocycles. The van der Waals surface area contributed by atoms with Crippen LogP contribution in [0.5, 0.6) is 0 Å². The summed E-state index contributed by atoms with van der Waals surface area (Å²) in [5.74, 6) is 0.221. The van der Waals surface area contributed by atoms with Crippen LogP contribution in [0.2, 0.25) is 0 Å². The molecule has 1 aliphatic rings. The molecule has 0 aromatic rings. The molecule has 4 heteroatoms. The SMILES string of the molecule is CC(C)(CN)NC(=O)C1CCOCC1. The molecule has 0 aromatic carbocycles. The zero-order valence-corrected chi connectivity index (χ0v) is 9.01. The Morgan fingerprint density at radius 3 is 2.57 bits per heavy atom. The quantitative estimate of drug-likeness (QED) is 0.687. The molecule has 0 spiro atoms. The van der Waals surface area contributed by atoms with E-state index in [1.54, 1.807) is 0 Å². The molecule has 1 rings (SSSR count). The molecule has 0 saturated carbocycles. The van der Waals surface area contributed by atoms with E-state index in [4.69, 9.17) is 10.5 Å². The molecule has 1 amide bonds. The van der Waals surface area contributed by atoms with Crippen molar-refractivity contribution in [3.05, 3.63) is 0 Å². The molecule has 14 heavy (non-hydrogen) atoms. The predicted octanol–water partition coefficient (Wildman–Crippen LogP) is 0.267. The lowest BCUT2D eigenvalue weighted by molar-refractivity contribution is -0.129. The van der Waals surface area contributed by atoms with Gasteiger partial charge < -0.3 is 15.8 Å². The first-order valence-electron chi connectivity index (χ1n) is 5.15. The standard InChI is InChI=1S/C10H20N2O2/c1-10(2,7-11)12-9(13)8-3-5-14-6-4-8/h8H,3-7,11H2,1-2H3,(H,12,13). The van der Waals surface area contributed by atoms with E-state index in [1.807, 2.05) is 13.8 Å². The lowest BCUT2D eigenvalue weighted by atomic mass is 9.97. The van der Waals surface area contributed by atoms with Crippen LogP contribution in [-0.4, -0.2) is 31.2 Å². The van der Waals surface area contributed by atoms with E-state index in [0.29, 0.717) is 19.8 Å². The number of amides is 1. The Hall–Kier alpha value is -0.610. The van der Waals surface area contributed by atoms with Gasteiger partial charge in [-0.05, 0) is 26.7 Å². The Kier molecular flexibility index (Phi) is 3.89. The second kappa shape index (κ2) is 4.75. The number of hydrogen-bond acceptors (Lipinski definition) is 3. The van der Waals surface area contributed by atoms with Crippen molar-refractivity contribution in [3.63, 3.8) is 0 Å². The molecular weight excluding hydrogens is 180 g/mol. The number of hydrogen-bond donors (Lipinski definition) is 2. The Balaban J connectivity index is 2.40. The monoisotopic (exact) mass is 200 g/mol. The lowest BCUT2D eigenvalue weighted by Gasteiger charge is -2.28. The van der Waals surface area contributed by atoms with E-state index >= 15 is 0 Å². The fraction of sp³-hybridized carbons (Fsp3) is 0.900. The van der Waals surface area contributed by atoms with Crippen molar-refractivity contribution in [1.82, 2.24) is 5.32 Å². The van der Waals surface area contributed by atoms with Crippen LogP contribution in [0.15, 0.2) is 0 Å². The van der Waals surface area contributed by atoms with Gasteiger partial charge in [0.25, 0.3) is 0 Å². The Morgan fingerprint density at radius 1 is 1.50 bits per heavy atom. The van der Waals surface area contributed by atoms with Crippen molar-refractivity contribution >= 4 is 5.91 Å². The highest BCUT2D eigenvalue weighted by Crippen LogP contribution is 2.15. The molecule has 0 unspecified atom stereocenters. The fourth-order valence-corrected chi connectivity index (χ4v) is 1.45. The summed E-state index contributed by atoms with van der Waals surface area (Å²) in [5.41, 5.74) is 5.25. The maximum absolute atomic E-state index is 11.8. The van der Waals surface area contributed by atoms with Crippen molar-refractivity contribution in [2.24, 2.45) is 11.7 Å². The average molecular weight is 200 g/mol. The average Bonchev–Trinajstić information content (AvgIpc) is 2.19. The minimum atomic E-state index is -0.296. The maximum Gasteiger partial charge on any atom is 0.223 e. The van der Waals surface area contributed by atoms with Crippen LogP contribution in [0.25, 0.3) is 0 Å². The van der Waals surface area contributed by atoms with Gasteiger partial charge in [0.1, 0.15) is 0 Å². The minimum Gasteiger partial charge on any atom is -0.381 e. The van der Waals surface area contributed by atoms with Crippen molar-refractivity contribution in [2.45, 2.75) is 32.2 Å². The smallest absolute Gasteiger partial charge is 0.223 e. The third kappa shape index (κ3) is 3.27. The summed E-state index contributed by atoms with van der Waals surface area (Å²) < 4.78 is 5.20. The lowest BCUT2D eigenvalue weighted by Crippen LogP contribution is -2.51. The number of carbonyl (C=O) groups excluding carboxylic acids is 1. The number of ether oxygens (including phenoxy) is 1. The Morgan fingerprint density at radius 2 is 2.07 bits per heavy atom. The maximum atomic E-state index is 11.8. The highest BCUT2D eigenvalue weighted by molar-refractivity contribution is 5.79. The highest BCUT2D eigenvalue weighted by Gasteiger charge is 2.26. The predicted molar refractivity (Wildman–Crippen MR) is 54.8 cm³/mol. The van der Waals surface area contributed by atoms with E-state index in [-0.39, 0.29) is 17.4 Å². The van der Waals surface area contributed by atoms with Gasteiger partial charge >= 0.3 is 0 Å². The van der Waals surface area contributed by atoms with Crippen LogP contribution < -0.4 is 11.1 Å². The van der Waals surface area contributed by atoms with E-state index < -0.39 is 0 Å². The molecule has 0 aliphatic carbocycles. The van der Waals surface area contributed by atoms with Gasteiger partial charge in [-0.3, -0.25) is 4.79 Å². The van der Waals surface area contributed by atoms with Crippen LogP contribution in [0, 0.1) is 5.92 Å². The fourth-order valence-electron chi connectivity index (χ4n) is 1.45. The van der Waals surface area contributed by atoms with Crippen molar-refractivity contribution < 1.29 is 9.53 Å². The topological polar surface area (TPSA) is 64.3 Å². The minimum absolute atomic E-state index is 0.106. The Labute approximate surface area is 85.2 Å². The van der Waals surface area contributed by atoms with E-state index in [1.165, 1.54) is 0 Å². The van der Waals surface area contributed by atoms with Crippen LogP contribution in [0.3, 0.4) is 0 Å². The van der Waals surface area contributed by atoms with Gasteiger partial charge in [0.2, 0.25) is 5.91 Å². The largest absolute Gasteiger partial charge is 0.381 e. The van der Waals surface area contributed by atoms with Gasteiger partial charge in [-0.25, -0.2) is 0 Å². The second-order valence-corrected chi connectivity index (χ2v) is 4.46. The molecule has 1 aliphatic heterocycles.